The quantitative estimate of drug-likeness (QED) is 0.790. The smallest absolute Gasteiger partial charge is 0.317 e. The van der Waals surface area contributed by atoms with Crippen LogP contribution in [0.5, 0.6) is 0 Å². The van der Waals surface area contributed by atoms with Crippen LogP contribution in [-0.2, 0) is 4.79 Å². The molecule has 0 aromatic heterocycles. The van der Waals surface area contributed by atoms with E-state index in [1.807, 2.05) is 9.80 Å². The Hall–Kier alpha value is -1.01. The van der Waals surface area contributed by atoms with Crippen molar-refractivity contribution in [2.24, 2.45) is 5.73 Å². The number of rotatable bonds is 2. The highest BCUT2D eigenvalue weighted by atomic mass is 35.5. The van der Waals surface area contributed by atoms with Gasteiger partial charge in [0.15, 0.2) is 0 Å². The number of halogens is 1. The average Bonchev–Trinajstić information content (AvgIpc) is 3.03. The van der Waals surface area contributed by atoms with Gasteiger partial charge < -0.3 is 20.9 Å². The highest BCUT2D eigenvalue weighted by Gasteiger charge is 2.40. The maximum Gasteiger partial charge on any atom is 0.317 e. The number of hydrogen-bond donors (Lipinski definition) is 2. The van der Waals surface area contributed by atoms with Crippen molar-refractivity contribution in [2.45, 2.75) is 69.4 Å². The summed E-state index contributed by atoms with van der Waals surface area (Å²) >= 11 is 0. The van der Waals surface area contributed by atoms with Gasteiger partial charge in [-0.2, -0.15) is 0 Å². The molecule has 0 spiro atoms. The molecule has 2 aliphatic carbocycles. The van der Waals surface area contributed by atoms with E-state index in [1.54, 1.807) is 0 Å². The minimum absolute atomic E-state index is 0. The van der Waals surface area contributed by atoms with Crippen LogP contribution in [0.2, 0.25) is 0 Å². The number of amides is 3. The summed E-state index contributed by atoms with van der Waals surface area (Å²) in [4.78, 5) is 28.6. The zero-order chi connectivity index (χ0) is 16.3. The molecule has 0 radical (unpaired) electrons. The number of hydrogen-bond acceptors (Lipinski definition) is 3. The maximum atomic E-state index is 12.6. The van der Waals surface area contributed by atoms with Crippen LogP contribution in [0, 0.1) is 0 Å². The summed E-state index contributed by atoms with van der Waals surface area (Å²) in [5, 5.41) is 3.15. The number of urea groups is 1. The summed E-state index contributed by atoms with van der Waals surface area (Å²) in [6, 6.07) is 0.369. The van der Waals surface area contributed by atoms with Crippen LogP contribution in [0.1, 0.15) is 57.8 Å². The number of carbonyl (C=O) groups excluding carboxylic acids is 2. The first-order valence-corrected chi connectivity index (χ1v) is 9.22. The van der Waals surface area contributed by atoms with Crippen molar-refractivity contribution < 1.29 is 9.59 Å². The standard InChI is InChI=1S/C17H30N4O2.ClH/c18-17(8-4-5-9-17)15(22)20-10-12-21(13-11-20)16(23)19-14-6-2-1-3-7-14;/h14H,1-13,18H2,(H,19,23);1H. The van der Waals surface area contributed by atoms with Crippen molar-refractivity contribution in [1.29, 1.82) is 0 Å². The molecular formula is C17H31ClN4O2. The summed E-state index contributed by atoms with van der Waals surface area (Å²) < 4.78 is 0. The Balaban J connectivity index is 0.00000208. The zero-order valence-corrected chi connectivity index (χ0v) is 15.3. The Morgan fingerprint density at radius 1 is 0.875 bits per heavy atom. The summed E-state index contributed by atoms with van der Waals surface area (Å²) in [5.74, 6) is 0.0855. The van der Waals surface area contributed by atoms with Gasteiger partial charge in [-0.1, -0.05) is 32.1 Å². The van der Waals surface area contributed by atoms with Gasteiger partial charge >= 0.3 is 6.03 Å². The molecule has 0 atom stereocenters. The zero-order valence-electron chi connectivity index (χ0n) is 14.5. The molecule has 3 aliphatic rings. The largest absolute Gasteiger partial charge is 0.338 e. The van der Waals surface area contributed by atoms with Crippen LogP contribution in [0.4, 0.5) is 4.79 Å². The Morgan fingerprint density at radius 3 is 2.00 bits per heavy atom. The molecule has 7 heteroatoms. The Morgan fingerprint density at radius 2 is 1.42 bits per heavy atom. The normalized spacial score (nSPS) is 24.4. The van der Waals surface area contributed by atoms with E-state index < -0.39 is 5.54 Å². The third kappa shape index (κ3) is 4.33. The molecule has 3 amide bonds. The molecule has 0 unspecified atom stereocenters. The fraction of sp³-hybridized carbons (Fsp3) is 0.882. The van der Waals surface area contributed by atoms with E-state index in [-0.39, 0.29) is 24.3 Å². The van der Waals surface area contributed by atoms with E-state index in [0.29, 0.717) is 32.2 Å². The lowest BCUT2D eigenvalue weighted by atomic mass is 9.95. The van der Waals surface area contributed by atoms with Gasteiger partial charge in [0.2, 0.25) is 5.91 Å². The first-order chi connectivity index (χ1) is 11.1. The maximum absolute atomic E-state index is 12.6. The van der Waals surface area contributed by atoms with Gasteiger partial charge in [0.25, 0.3) is 0 Å². The van der Waals surface area contributed by atoms with Gasteiger partial charge in [-0.05, 0) is 25.7 Å². The van der Waals surface area contributed by atoms with Gasteiger partial charge in [0.05, 0.1) is 5.54 Å². The molecule has 3 N–H and O–H groups in total. The highest BCUT2D eigenvalue weighted by molar-refractivity contribution is 5.87. The van der Waals surface area contributed by atoms with Crippen LogP contribution in [0.3, 0.4) is 0 Å². The van der Waals surface area contributed by atoms with E-state index in [2.05, 4.69) is 5.32 Å². The van der Waals surface area contributed by atoms with E-state index in [4.69, 9.17) is 5.73 Å². The van der Waals surface area contributed by atoms with E-state index >= 15 is 0 Å². The first-order valence-electron chi connectivity index (χ1n) is 9.22. The summed E-state index contributed by atoms with van der Waals surface area (Å²) in [6.45, 7) is 2.44. The molecule has 3 rings (SSSR count). The van der Waals surface area contributed by atoms with Crippen LogP contribution in [-0.4, -0.2) is 59.5 Å². The van der Waals surface area contributed by atoms with Crippen molar-refractivity contribution in [3.63, 3.8) is 0 Å². The van der Waals surface area contributed by atoms with Crippen LogP contribution < -0.4 is 11.1 Å². The van der Waals surface area contributed by atoms with Crippen molar-refractivity contribution >= 4 is 24.3 Å². The van der Waals surface area contributed by atoms with Crippen molar-refractivity contribution in [3.8, 4) is 0 Å². The second kappa shape index (κ2) is 8.39. The minimum Gasteiger partial charge on any atom is -0.338 e. The van der Waals surface area contributed by atoms with Crippen LogP contribution in [0.15, 0.2) is 0 Å². The van der Waals surface area contributed by atoms with Gasteiger partial charge in [-0.3, -0.25) is 4.79 Å². The second-order valence-corrected chi connectivity index (χ2v) is 7.43. The average molecular weight is 359 g/mol. The molecule has 24 heavy (non-hydrogen) atoms. The Bertz CT molecular complexity index is 440. The van der Waals surface area contributed by atoms with Crippen LogP contribution >= 0.6 is 12.4 Å². The predicted octanol–water partition coefficient (Wildman–Crippen LogP) is 1.87. The third-order valence-corrected chi connectivity index (χ3v) is 5.71. The lowest BCUT2D eigenvalue weighted by molar-refractivity contribution is -0.138. The molecule has 1 aliphatic heterocycles. The molecule has 3 fully saturated rings. The van der Waals surface area contributed by atoms with Gasteiger partial charge in [0, 0.05) is 32.2 Å². The topological polar surface area (TPSA) is 78.7 Å². The number of nitrogens with two attached hydrogens (primary N) is 1. The number of nitrogens with one attached hydrogen (secondary N) is 1. The Kier molecular flexibility index (Phi) is 6.75. The van der Waals surface area contributed by atoms with E-state index in [1.165, 1.54) is 19.3 Å². The monoisotopic (exact) mass is 358 g/mol. The summed E-state index contributed by atoms with van der Waals surface area (Å²) in [5.41, 5.74) is 5.62. The first kappa shape index (κ1) is 19.3. The molecule has 0 bridgehead atoms. The fourth-order valence-electron chi connectivity index (χ4n) is 4.16. The molecule has 2 saturated carbocycles. The number of piperazine rings is 1. The highest BCUT2D eigenvalue weighted by Crippen LogP contribution is 2.29. The Labute approximate surface area is 150 Å². The molecule has 1 saturated heterocycles. The van der Waals surface area contributed by atoms with Gasteiger partial charge in [-0.25, -0.2) is 4.79 Å². The number of nitrogens with zero attached hydrogens (tertiary/aromatic N) is 2. The van der Waals surface area contributed by atoms with Gasteiger partial charge in [0.1, 0.15) is 0 Å². The molecular weight excluding hydrogens is 328 g/mol. The lowest BCUT2D eigenvalue weighted by Gasteiger charge is -2.39. The lowest BCUT2D eigenvalue weighted by Crippen LogP contribution is -2.60. The molecule has 0 aromatic rings. The summed E-state index contributed by atoms with van der Waals surface area (Å²) in [7, 11) is 0. The van der Waals surface area contributed by atoms with Crippen molar-refractivity contribution in [1.82, 2.24) is 15.1 Å². The third-order valence-electron chi connectivity index (χ3n) is 5.71. The fourth-order valence-corrected chi connectivity index (χ4v) is 4.16. The van der Waals surface area contributed by atoms with E-state index in [9.17, 15) is 9.59 Å². The molecule has 6 nitrogen and oxygen atoms in total. The van der Waals surface area contributed by atoms with Crippen molar-refractivity contribution in [3.05, 3.63) is 0 Å². The van der Waals surface area contributed by atoms with Gasteiger partial charge in [-0.15, -0.1) is 12.4 Å². The van der Waals surface area contributed by atoms with Crippen molar-refractivity contribution in [2.75, 3.05) is 26.2 Å². The minimum atomic E-state index is -0.646. The van der Waals surface area contributed by atoms with Crippen LogP contribution in [0.25, 0.3) is 0 Å². The van der Waals surface area contributed by atoms with E-state index in [0.717, 1.165) is 38.5 Å². The number of carbonyl (C=O) groups is 2. The molecule has 138 valence electrons. The molecule has 1 heterocycles. The molecule has 0 aromatic carbocycles. The SMILES string of the molecule is Cl.NC1(C(=O)N2CCN(C(=O)NC3CCCCC3)CC2)CCCC1. The second-order valence-electron chi connectivity index (χ2n) is 7.43. The summed E-state index contributed by atoms with van der Waals surface area (Å²) in [6.07, 6.45) is 9.60. The predicted molar refractivity (Wildman–Crippen MR) is 96.2 cm³/mol.